The van der Waals surface area contributed by atoms with Gasteiger partial charge in [0, 0.05) is 6.42 Å². The van der Waals surface area contributed by atoms with Gasteiger partial charge in [-0.2, -0.15) is 0 Å². The number of allylic oxidation sites excluding steroid dienone is 2. The molecule has 0 bridgehead atoms. The fraction of sp³-hybridized carbons (Fsp3) is 0.846. The Morgan fingerprint density at radius 3 is 2.13 bits per heavy atom. The molecule has 4 nitrogen and oxygen atoms in total. The summed E-state index contributed by atoms with van der Waals surface area (Å²) in [5.41, 5.74) is -0.00502. The highest BCUT2D eigenvalue weighted by molar-refractivity contribution is 5.70. The lowest BCUT2D eigenvalue weighted by atomic mass is 9.76. The molecule has 0 rings (SSSR count). The summed E-state index contributed by atoms with van der Waals surface area (Å²) in [7, 11) is 1.42. The van der Waals surface area contributed by atoms with Crippen LogP contribution < -0.4 is 0 Å². The Morgan fingerprint density at radius 1 is 0.933 bits per heavy atom. The third kappa shape index (κ3) is 16.5. The lowest BCUT2D eigenvalue weighted by molar-refractivity contribution is -0.144. The van der Waals surface area contributed by atoms with Crippen LogP contribution >= 0.6 is 0 Å². The van der Waals surface area contributed by atoms with Gasteiger partial charge in [0.25, 0.3) is 0 Å². The van der Waals surface area contributed by atoms with E-state index in [0.717, 1.165) is 38.5 Å². The van der Waals surface area contributed by atoms with Gasteiger partial charge in [-0.05, 0) is 43.4 Å². The van der Waals surface area contributed by atoms with Crippen LogP contribution in [0.3, 0.4) is 0 Å². The molecule has 0 aliphatic heterocycles. The number of methoxy groups -OCH3 is 1. The number of rotatable bonds is 18. The van der Waals surface area contributed by atoms with Crippen LogP contribution in [0.4, 0.5) is 0 Å². The maximum absolute atomic E-state index is 12.0. The van der Waals surface area contributed by atoms with E-state index in [1.807, 2.05) is 0 Å². The minimum atomic E-state index is -0.676. The molecular weight excluding hydrogens is 376 g/mol. The molecule has 0 fully saturated rings. The average molecular weight is 425 g/mol. The van der Waals surface area contributed by atoms with Crippen LogP contribution in [0.15, 0.2) is 12.2 Å². The Morgan fingerprint density at radius 2 is 1.53 bits per heavy atom. The van der Waals surface area contributed by atoms with Gasteiger partial charge >= 0.3 is 11.9 Å². The van der Waals surface area contributed by atoms with Crippen molar-refractivity contribution in [1.29, 1.82) is 0 Å². The van der Waals surface area contributed by atoms with Crippen LogP contribution in [0.5, 0.6) is 0 Å². The van der Waals surface area contributed by atoms with Crippen molar-refractivity contribution in [2.75, 3.05) is 7.11 Å². The SMILES string of the molecule is CCCCCCCC/C=C/C(CCCCCCC(=O)OC)C(CC(C)(C)C)C(=O)O. The lowest BCUT2D eigenvalue weighted by Crippen LogP contribution is -2.27. The van der Waals surface area contributed by atoms with Gasteiger partial charge in [-0.25, -0.2) is 0 Å². The van der Waals surface area contributed by atoms with E-state index in [4.69, 9.17) is 0 Å². The van der Waals surface area contributed by atoms with Crippen LogP contribution in [0.2, 0.25) is 0 Å². The maximum atomic E-state index is 12.0. The van der Waals surface area contributed by atoms with E-state index in [1.165, 1.54) is 45.6 Å². The normalized spacial score (nSPS) is 14.0. The molecule has 30 heavy (non-hydrogen) atoms. The number of esters is 1. The predicted molar refractivity (Wildman–Crippen MR) is 126 cm³/mol. The summed E-state index contributed by atoms with van der Waals surface area (Å²) in [4.78, 5) is 23.2. The zero-order valence-corrected chi connectivity index (χ0v) is 20.4. The number of hydrogen-bond acceptors (Lipinski definition) is 3. The van der Waals surface area contributed by atoms with E-state index < -0.39 is 5.97 Å². The highest BCUT2D eigenvalue weighted by atomic mass is 16.5. The van der Waals surface area contributed by atoms with Crippen molar-refractivity contribution < 1.29 is 19.4 Å². The second kappa shape index (κ2) is 17.4. The largest absolute Gasteiger partial charge is 0.481 e. The van der Waals surface area contributed by atoms with E-state index in [9.17, 15) is 14.7 Å². The third-order valence-electron chi connectivity index (χ3n) is 5.67. The highest BCUT2D eigenvalue weighted by Crippen LogP contribution is 2.33. The second-order valence-electron chi connectivity index (χ2n) is 9.89. The van der Waals surface area contributed by atoms with Crippen molar-refractivity contribution >= 4 is 11.9 Å². The quantitative estimate of drug-likeness (QED) is 0.140. The molecule has 0 heterocycles. The van der Waals surface area contributed by atoms with E-state index >= 15 is 0 Å². The van der Waals surface area contributed by atoms with Gasteiger partial charge < -0.3 is 9.84 Å². The van der Waals surface area contributed by atoms with E-state index in [-0.39, 0.29) is 23.2 Å². The third-order valence-corrected chi connectivity index (χ3v) is 5.67. The van der Waals surface area contributed by atoms with Crippen molar-refractivity contribution in [3.05, 3.63) is 12.2 Å². The fourth-order valence-electron chi connectivity index (χ4n) is 3.93. The number of carboxylic acid groups (broad SMARTS) is 1. The first-order valence-corrected chi connectivity index (χ1v) is 12.2. The van der Waals surface area contributed by atoms with E-state index in [1.54, 1.807) is 0 Å². The summed E-state index contributed by atoms with van der Waals surface area (Å²) < 4.78 is 4.68. The molecule has 0 aliphatic carbocycles. The molecule has 0 aromatic carbocycles. The van der Waals surface area contributed by atoms with Gasteiger partial charge in [0.1, 0.15) is 0 Å². The Hall–Kier alpha value is -1.32. The summed E-state index contributed by atoms with van der Waals surface area (Å²) in [6.07, 6.45) is 19.1. The van der Waals surface area contributed by atoms with E-state index in [2.05, 4.69) is 44.6 Å². The summed E-state index contributed by atoms with van der Waals surface area (Å²) in [6.45, 7) is 8.59. The van der Waals surface area contributed by atoms with Crippen LogP contribution in [0.25, 0.3) is 0 Å². The number of ether oxygens (including phenoxy) is 1. The van der Waals surface area contributed by atoms with Gasteiger partial charge in [0.05, 0.1) is 13.0 Å². The summed E-state index contributed by atoms with van der Waals surface area (Å²) >= 11 is 0. The zero-order chi connectivity index (χ0) is 22.8. The zero-order valence-electron chi connectivity index (χ0n) is 20.4. The molecule has 0 radical (unpaired) electrons. The smallest absolute Gasteiger partial charge is 0.307 e. The first-order chi connectivity index (χ1) is 14.2. The number of carbonyl (C=O) groups excluding carboxylic acids is 1. The van der Waals surface area contributed by atoms with Crippen LogP contribution in [-0.2, 0) is 14.3 Å². The Balaban J connectivity index is 4.61. The molecule has 0 saturated carbocycles. The van der Waals surface area contributed by atoms with Gasteiger partial charge in [-0.1, -0.05) is 91.2 Å². The van der Waals surface area contributed by atoms with Crippen LogP contribution in [0.1, 0.15) is 118 Å². The predicted octanol–water partition coefficient (Wildman–Crippen LogP) is 7.56. The van der Waals surface area contributed by atoms with Crippen LogP contribution in [0, 0.1) is 17.3 Å². The maximum Gasteiger partial charge on any atom is 0.307 e. The minimum absolute atomic E-state index is 0.00502. The fourth-order valence-corrected chi connectivity index (χ4v) is 3.93. The molecular formula is C26H48O4. The van der Waals surface area contributed by atoms with Crippen LogP contribution in [-0.4, -0.2) is 24.2 Å². The monoisotopic (exact) mass is 424 g/mol. The molecule has 1 N–H and O–H groups in total. The molecule has 2 atom stereocenters. The molecule has 0 spiro atoms. The highest BCUT2D eigenvalue weighted by Gasteiger charge is 2.30. The Kier molecular flexibility index (Phi) is 16.6. The van der Waals surface area contributed by atoms with Crippen molar-refractivity contribution in [2.45, 2.75) is 118 Å². The molecule has 0 aliphatic rings. The number of aliphatic carboxylic acids is 1. The van der Waals surface area contributed by atoms with Gasteiger partial charge in [-0.3, -0.25) is 9.59 Å². The summed E-state index contributed by atoms with van der Waals surface area (Å²) in [5, 5.41) is 9.87. The molecule has 0 saturated heterocycles. The van der Waals surface area contributed by atoms with Gasteiger partial charge in [0.2, 0.25) is 0 Å². The lowest BCUT2D eigenvalue weighted by Gasteiger charge is -2.28. The molecule has 2 unspecified atom stereocenters. The summed E-state index contributed by atoms with van der Waals surface area (Å²) in [5.74, 6) is -1.07. The Bertz CT molecular complexity index is 476. The number of carbonyl (C=O) groups is 2. The Labute approximate surface area is 185 Å². The molecule has 176 valence electrons. The molecule has 0 amide bonds. The topological polar surface area (TPSA) is 63.6 Å². The van der Waals surface area contributed by atoms with Crippen molar-refractivity contribution in [1.82, 2.24) is 0 Å². The van der Waals surface area contributed by atoms with Gasteiger partial charge in [-0.15, -0.1) is 0 Å². The van der Waals surface area contributed by atoms with Crippen molar-refractivity contribution in [3.8, 4) is 0 Å². The molecule has 0 aromatic heterocycles. The number of carboxylic acids is 1. The first kappa shape index (κ1) is 28.7. The number of hydrogen-bond donors (Lipinski definition) is 1. The minimum Gasteiger partial charge on any atom is -0.481 e. The number of unbranched alkanes of at least 4 members (excludes halogenated alkanes) is 9. The van der Waals surface area contributed by atoms with Gasteiger partial charge in [0.15, 0.2) is 0 Å². The molecule has 4 heteroatoms. The average Bonchev–Trinajstić information content (AvgIpc) is 2.68. The second-order valence-corrected chi connectivity index (χ2v) is 9.89. The molecule has 0 aromatic rings. The first-order valence-electron chi connectivity index (χ1n) is 12.2. The van der Waals surface area contributed by atoms with Crippen molar-refractivity contribution in [2.24, 2.45) is 17.3 Å². The standard InChI is InChI=1S/C26H48O4/c1-6-7-8-9-10-11-12-15-18-22(23(25(28)29)21-26(2,3)4)19-16-13-14-17-20-24(27)30-5/h15,18,22-23H,6-14,16-17,19-21H2,1-5H3,(H,28,29)/b18-15+. The summed E-state index contributed by atoms with van der Waals surface area (Å²) in [6, 6.07) is 0. The van der Waals surface area contributed by atoms with E-state index in [0.29, 0.717) is 12.8 Å². The van der Waals surface area contributed by atoms with Crippen molar-refractivity contribution in [3.63, 3.8) is 0 Å².